The molecule has 3 heteroatoms. The Balaban J connectivity index is 3.14. The summed E-state index contributed by atoms with van der Waals surface area (Å²) in [6.45, 7) is 1.79. The summed E-state index contributed by atoms with van der Waals surface area (Å²) in [6, 6.07) is 1.50. The molecule has 0 saturated heterocycles. The fraction of sp³-hybridized carbons (Fsp3) is 0.400. The lowest BCUT2D eigenvalue weighted by Crippen LogP contribution is -1.87. The van der Waals surface area contributed by atoms with Gasteiger partial charge in [-0.2, -0.15) is 5.10 Å². The third-order valence-electron chi connectivity index (χ3n) is 0.959. The maximum absolute atomic E-state index is 10.5. The van der Waals surface area contributed by atoms with Crippen LogP contribution in [-0.2, 0) is 12.2 Å². The van der Waals surface area contributed by atoms with E-state index in [0.29, 0.717) is 0 Å². The molecule has 0 fully saturated rings. The molecular formula is C5H7N2O. The van der Waals surface area contributed by atoms with Gasteiger partial charge in [-0.1, -0.05) is 0 Å². The predicted octanol–water partition coefficient (Wildman–Crippen LogP) is 0.872. The van der Waals surface area contributed by atoms with Gasteiger partial charge in [0.25, 0.3) is 5.88 Å². The third kappa shape index (κ3) is 0.665. The van der Waals surface area contributed by atoms with E-state index in [1.54, 1.807) is 14.0 Å². The topological polar surface area (TPSA) is 37.7 Å². The van der Waals surface area contributed by atoms with Gasteiger partial charge < -0.3 is 0 Å². The lowest BCUT2D eigenvalue weighted by Gasteiger charge is -1.82. The summed E-state index contributed by atoms with van der Waals surface area (Å²) in [7, 11) is 1.63. The molecule has 0 bridgehead atoms. The summed E-state index contributed by atoms with van der Waals surface area (Å²) in [5, 5.41) is 14.4. The summed E-state index contributed by atoms with van der Waals surface area (Å²) in [4.78, 5) is 0. The van der Waals surface area contributed by atoms with Gasteiger partial charge in [-0.05, 0) is 6.92 Å². The molecule has 43 valence electrons. The highest BCUT2D eigenvalue weighted by atomic mass is 16.3. The standard InChI is InChI=1S/C5H7N2O/c1-4-3-5(8)7(2)6-4/h3H,1-2H3. The monoisotopic (exact) mass is 111 g/mol. The Kier molecular flexibility index (Phi) is 0.970. The van der Waals surface area contributed by atoms with Crippen molar-refractivity contribution in [2.75, 3.05) is 0 Å². The van der Waals surface area contributed by atoms with E-state index in [1.807, 2.05) is 0 Å². The van der Waals surface area contributed by atoms with Gasteiger partial charge in [0.2, 0.25) is 0 Å². The summed E-state index contributed by atoms with van der Waals surface area (Å²) in [5.74, 6) is -0.0394. The fourth-order valence-electron chi connectivity index (χ4n) is 0.587. The zero-order valence-electron chi connectivity index (χ0n) is 4.88. The Bertz CT molecular complexity index is 173. The highest BCUT2D eigenvalue weighted by Crippen LogP contribution is 2.07. The number of hydrogen-bond acceptors (Lipinski definition) is 1. The van der Waals surface area contributed by atoms with Crippen molar-refractivity contribution in [2.45, 2.75) is 6.92 Å². The first-order chi connectivity index (χ1) is 3.70. The van der Waals surface area contributed by atoms with Crippen molar-refractivity contribution in [2.24, 2.45) is 7.05 Å². The molecule has 0 aromatic carbocycles. The average molecular weight is 111 g/mol. The number of aromatic nitrogens is 2. The van der Waals surface area contributed by atoms with Crippen LogP contribution < -0.4 is 0 Å². The van der Waals surface area contributed by atoms with Crippen LogP contribution >= 0.6 is 0 Å². The van der Waals surface area contributed by atoms with Gasteiger partial charge in [0, 0.05) is 13.1 Å². The van der Waals surface area contributed by atoms with E-state index in [9.17, 15) is 5.11 Å². The Hall–Kier alpha value is -0.990. The van der Waals surface area contributed by atoms with Gasteiger partial charge in [0.1, 0.15) is 0 Å². The van der Waals surface area contributed by atoms with Gasteiger partial charge in [0.05, 0.1) is 5.69 Å². The summed E-state index contributed by atoms with van der Waals surface area (Å²) in [5.41, 5.74) is 0.775. The second-order valence-electron chi connectivity index (χ2n) is 1.75. The normalized spacial score (nSPS) is 9.75. The van der Waals surface area contributed by atoms with Crippen LogP contribution in [0.15, 0.2) is 6.07 Å². The smallest absolute Gasteiger partial charge is 0.268 e. The van der Waals surface area contributed by atoms with Crippen molar-refractivity contribution in [3.8, 4) is 5.88 Å². The molecule has 1 rings (SSSR count). The minimum Gasteiger partial charge on any atom is -0.268 e. The number of aryl methyl sites for hydroxylation is 2. The molecule has 3 nitrogen and oxygen atoms in total. The van der Waals surface area contributed by atoms with E-state index < -0.39 is 0 Å². The number of hydrogen-bond donors (Lipinski definition) is 0. The van der Waals surface area contributed by atoms with E-state index in [-0.39, 0.29) is 5.88 Å². The summed E-state index contributed by atoms with van der Waals surface area (Å²) >= 11 is 0. The van der Waals surface area contributed by atoms with Crippen molar-refractivity contribution in [3.63, 3.8) is 0 Å². The van der Waals surface area contributed by atoms with Crippen LogP contribution in [0, 0.1) is 6.92 Å². The van der Waals surface area contributed by atoms with Crippen LogP contribution in [0.3, 0.4) is 0 Å². The Morgan fingerprint density at radius 2 is 2.38 bits per heavy atom. The maximum Gasteiger partial charge on any atom is 0.268 e. The van der Waals surface area contributed by atoms with Gasteiger partial charge in [0.15, 0.2) is 0 Å². The second kappa shape index (κ2) is 1.51. The fourth-order valence-corrected chi connectivity index (χ4v) is 0.587. The van der Waals surface area contributed by atoms with Crippen molar-refractivity contribution >= 4 is 0 Å². The molecule has 1 radical (unpaired) electrons. The SMILES string of the molecule is Cc1cc([O])n(C)n1. The molecule has 0 saturated carbocycles. The molecule has 0 N–H and O–H groups in total. The maximum atomic E-state index is 10.5. The molecule has 0 aliphatic rings. The van der Waals surface area contributed by atoms with Crippen LogP contribution in [0.1, 0.15) is 5.69 Å². The van der Waals surface area contributed by atoms with Crippen molar-refractivity contribution in [1.29, 1.82) is 0 Å². The second-order valence-corrected chi connectivity index (χ2v) is 1.75. The molecule has 8 heavy (non-hydrogen) atoms. The molecule has 0 atom stereocenters. The molecule has 0 aliphatic heterocycles. The molecule has 1 aromatic rings. The first-order valence-electron chi connectivity index (χ1n) is 2.38. The number of nitrogens with zero attached hydrogens (tertiary/aromatic N) is 2. The quantitative estimate of drug-likeness (QED) is 0.489. The van der Waals surface area contributed by atoms with E-state index in [4.69, 9.17) is 0 Å². The Morgan fingerprint density at radius 3 is 2.50 bits per heavy atom. The van der Waals surface area contributed by atoms with Crippen LogP contribution in [0.4, 0.5) is 0 Å². The zero-order valence-corrected chi connectivity index (χ0v) is 4.88. The highest BCUT2D eigenvalue weighted by Gasteiger charge is 1.97. The van der Waals surface area contributed by atoms with Gasteiger partial charge in [-0.25, -0.2) is 4.68 Å². The van der Waals surface area contributed by atoms with Crippen LogP contribution in [0.25, 0.3) is 0 Å². The minimum absolute atomic E-state index is 0.0394. The minimum atomic E-state index is -0.0394. The lowest BCUT2D eigenvalue weighted by atomic mass is 10.5. The van der Waals surface area contributed by atoms with Gasteiger partial charge >= 0.3 is 0 Å². The predicted molar refractivity (Wildman–Crippen MR) is 28.1 cm³/mol. The van der Waals surface area contributed by atoms with Crippen LogP contribution in [-0.4, -0.2) is 9.78 Å². The van der Waals surface area contributed by atoms with E-state index in [0.717, 1.165) is 5.69 Å². The Morgan fingerprint density at radius 1 is 1.75 bits per heavy atom. The average Bonchev–Trinajstić information content (AvgIpc) is 1.85. The van der Waals surface area contributed by atoms with Gasteiger partial charge in [-0.3, -0.25) is 5.11 Å². The van der Waals surface area contributed by atoms with Crippen molar-refractivity contribution < 1.29 is 5.11 Å². The largest absolute Gasteiger partial charge is 0.268 e. The van der Waals surface area contributed by atoms with Crippen molar-refractivity contribution in [1.82, 2.24) is 9.78 Å². The van der Waals surface area contributed by atoms with Crippen LogP contribution in [0.2, 0.25) is 0 Å². The highest BCUT2D eigenvalue weighted by molar-refractivity contribution is 5.11. The molecule has 0 aliphatic carbocycles. The molecule has 0 amide bonds. The summed E-state index contributed by atoms with van der Waals surface area (Å²) < 4.78 is 1.31. The molecular weight excluding hydrogens is 104 g/mol. The Labute approximate surface area is 47.6 Å². The molecule has 1 heterocycles. The molecule has 0 unspecified atom stereocenters. The molecule has 0 spiro atoms. The van der Waals surface area contributed by atoms with Crippen LogP contribution in [0.5, 0.6) is 5.88 Å². The number of rotatable bonds is 0. The van der Waals surface area contributed by atoms with E-state index >= 15 is 0 Å². The van der Waals surface area contributed by atoms with E-state index in [1.165, 1.54) is 10.7 Å². The lowest BCUT2D eigenvalue weighted by molar-refractivity contribution is 0.315. The molecule has 1 aromatic heterocycles. The first kappa shape index (κ1) is 5.15. The van der Waals surface area contributed by atoms with Gasteiger partial charge in [-0.15, -0.1) is 0 Å². The first-order valence-corrected chi connectivity index (χ1v) is 2.38. The van der Waals surface area contributed by atoms with E-state index in [2.05, 4.69) is 5.10 Å². The summed E-state index contributed by atoms with van der Waals surface area (Å²) in [6.07, 6.45) is 0. The third-order valence-corrected chi connectivity index (χ3v) is 0.959. The zero-order chi connectivity index (χ0) is 6.15. The van der Waals surface area contributed by atoms with Crippen molar-refractivity contribution in [3.05, 3.63) is 11.8 Å².